The molecule has 1 heterocycles. The number of aromatic amines is 1. The van der Waals surface area contributed by atoms with Gasteiger partial charge in [-0.1, -0.05) is 0 Å². The number of nitrogens with two attached hydrogens (primary N) is 1. The third kappa shape index (κ3) is 1.95. The first-order valence-electron chi connectivity index (χ1n) is 4.47. The quantitative estimate of drug-likeness (QED) is 0.695. The molecule has 82 valence electrons. The lowest BCUT2D eigenvalue weighted by molar-refractivity contribution is 0.454. The molecule has 0 unspecified atom stereocenters. The fourth-order valence-electron chi connectivity index (χ4n) is 1.10. The van der Waals surface area contributed by atoms with Gasteiger partial charge in [-0.2, -0.15) is 0 Å². The summed E-state index contributed by atoms with van der Waals surface area (Å²) in [5.74, 6) is 0.594. The molecule has 0 spiro atoms. The zero-order valence-electron chi connectivity index (χ0n) is 8.18. The van der Waals surface area contributed by atoms with Gasteiger partial charge >= 0.3 is 0 Å². The smallest absolute Gasteiger partial charge is 0.277 e. The molecule has 0 radical (unpaired) electrons. The number of hydrogen-bond acceptors (Lipinski definition) is 5. The second-order valence-corrected chi connectivity index (χ2v) is 3.05. The lowest BCUT2D eigenvalue weighted by Crippen LogP contribution is -2.13. The number of hydrogen-bond donors (Lipinski definition) is 3. The number of phenols is 1. The minimum absolute atomic E-state index is 0.0365. The number of nitrogen functional groups attached to an aromatic ring is 1. The van der Waals surface area contributed by atoms with Crippen LogP contribution in [0.25, 0.3) is 0 Å². The number of anilines is 1. The summed E-state index contributed by atoms with van der Waals surface area (Å²) in [4.78, 5) is 17.3. The van der Waals surface area contributed by atoms with Crippen LogP contribution in [0.1, 0.15) is 0 Å². The first-order chi connectivity index (χ1) is 7.66. The average Bonchev–Trinajstić information content (AvgIpc) is 2.28. The van der Waals surface area contributed by atoms with Gasteiger partial charge in [-0.3, -0.25) is 4.79 Å². The average molecular weight is 219 g/mol. The van der Waals surface area contributed by atoms with Crippen molar-refractivity contribution in [3.63, 3.8) is 0 Å². The predicted molar refractivity (Wildman–Crippen MR) is 57.5 cm³/mol. The number of aromatic hydroxyl groups is 1. The minimum Gasteiger partial charge on any atom is -0.508 e. The molecule has 0 saturated heterocycles. The van der Waals surface area contributed by atoms with E-state index in [1.54, 1.807) is 0 Å². The molecule has 1 aromatic heterocycles. The molecular weight excluding hydrogens is 210 g/mol. The van der Waals surface area contributed by atoms with Crippen molar-refractivity contribution in [1.29, 1.82) is 0 Å². The summed E-state index contributed by atoms with van der Waals surface area (Å²) >= 11 is 0. The van der Waals surface area contributed by atoms with Gasteiger partial charge in [0, 0.05) is 0 Å². The molecule has 0 aliphatic rings. The van der Waals surface area contributed by atoms with Crippen molar-refractivity contribution in [3.8, 4) is 17.4 Å². The predicted octanol–water partition coefficient (Wildman–Crippen LogP) is 0.850. The molecule has 2 aromatic rings. The molecule has 0 bridgehead atoms. The highest BCUT2D eigenvalue weighted by Gasteiger charge is 2.06. The van der Waals surface area contributed by atoms with Gasteiger partial charge in [0.25, 0.3) is 5.56 Å². The molecule has 0 fully saturated rings. The number of nitrogens with zero attached hydrogens (tertiary/aromatic N) is 1. The van der Waals surface area contributed by atoms with Gasteiger partial charge in [0.1, 0.15) is 11.5 Å². The zero-order chi connectivity index (χ0) is 11.5. The molecule has 0 aliphatic heterocycles. The maximum Gasteiger partial charge on any atom is 0.277 e. The van der Waals surface area contributed by atoms with E-state index in [-0.39, 0.29) is 17.3 Å². The van der Waals surface area contributed by atoms with E-state index in [0.717, 1.165) is 0 Å². The van der Waals surface area contributed by atoms with E-state index in [1.165, 1.54) is 30.6 Å². The Morgan fingerprint density at radius 2 is 2.00 bits per heavy atom. The van der Waals surface area contributed by atoms with Crippen LogP contribution in [0, 0.1) is 0 Å². The first kappa shape index (κ1) is 10.0. The molecule has 0 aliphatic carbocycles. The van der Waals surface area contributed by atoms with Crippen LogP contribution in [-0.4, -0.2) is 15.1 Å². The van der Waals surface area contributed by atoms with Crippen molar-refractivity contribution in [2.75, 3.05) is 5.73 Å². The van der Waals surface area contributed by atoms with Crippen molar-refractivity contribution >= 4 is 5.69 Å². The van der Waals surface area contributed by atoms with Crippen molar-refractivity contribution in [3.05, 3.63) is 40.9 Å². The second-order valence-electron chi connectivity index (χ2n) is 3.05. The lowest BCUT2D eigenvalue weighted by atomic mass is 10.3. The van der Waals surface area contributed by atoms with E-state index in [1.807, 2.05) is 0 Å². The van der Waals surface area contributed by atoms with E-state index in [0.29, 0.717) is 5.75 Å². The number of rotatable bonds is 2. The van der Waals surface area contributed by atoms with Crippen LogP contribution in [0.4, 0.5) is 5.69 Å². The van der Waals surface area contributed by atoms with Gasteiger partial charge in [-0.15, -0.1) is 0 Å². The second kappa shape index (κ2) is 3.93. The Balaban J connectivity index is 2.30. The van der Waals surface area contributed by atoms with Crippen LogP contribution in [-0.2, 0) is 0 Å². The maximum atomic E-state index is 11.1. The van der Waals surface area contributed by atoms with Crippen molar-refractivity contribution in [2.24, 2.45) is 0 Å². The standard InChI is InChI=1S/C10H9N3O3/c11-8-9(15)12-5-13-10(8)16-7-3-1-6(14)2-4-7/h1-5,14H,11H2,(H,12,13,15). The van der Waals surface area contributed by atoms with Gasteiger partial charge < -0.3 is 20.6 Å². The van der Waals surface area contributed by atoms with E-state index in [4.69, 9.17) is 15.6 Å². The Morgan fingerprint density at radius 3 is 2.69 bits per heavy atom. The Kier molecular flexibility index (Phi) is 2.47. The molecule has 16 heavy (non-hydrogen) atoms. The SMILES string of the molecule is Nc1c(Oc2ccc(O)cc2)nc[nH]c1=O. The molecule has 6 heteroatoms. The number of aromatic nitrogens is 2. The normalized spacial score (nSPS) is 10.0. The van der Waals surface area contributed by atoms with E-state index in [2.05, 4.69) is 9.97 Å². The highest BCUT2D eigenvalue weighted by molar-refractivity contribution is 5.47. The summed E-state index contributed by atoms with van der Waals surface area (Å²) in [5, 5.41) is 9.07. The topological polar surface area (TPSA) is 101 Å². The van der Waals surface area contributed by atoms with Crippen LogP contribution >= 0.6 is 0 Å². The fourth-order valence-corrected chi connectivity index (χ4v) is 1.10. The lowest BCUT2D eigenvalue weighted by Gasteiger charge is -2.05. The summed E-state index contributed by atoms with van der Waals surface area (Å²) in [7, 11) is 0. The third-order valence-corrected chi connectivity index (χ3v) is 1.90. The van der Waals surface area contributed by atoms with Gasteiger partial charge in [0.05, 0.1) is 6.33 Å². The van der Waals surface area contributed by atoms with Crippen molar-refractivity contribution in [1.82, 2.24) is 9.97 Å². The van der Waals surface area contributed by atoms with E-state index >= 15 is 0 Å². The Bertz CT molecular complexity index is 548. The summed E-state index contributed by atoms with van der Waals surface area (Å²) in [6, 6.07) is 5.99. The van der Waals surface area contributed by atoms with E-state index in [9.17, 15) is 4.79 Å². The molecule has 0 atom stereocenters. The molecular formula is C10H9N3O3. The van der Waals surface area contributed by atoms with Gasteiger partial charge in [-0.25, -0.2) is 4.98 Å². The summed E-state index contributed by atoms with van der Waals surface area (Å²) in [6.45, 7) is 0. The Hall–Kier alpha value is -2.50. The Labute approximate surface area is 90.3 Å². The first-order valence-corrected chi connectivity index (χ1v) is 4.47. The highest BCUT2D eigenvalue weighted by atomic mass is 16.5. The Morgan fingerprint density at radius 1 is 1.31 bits per heavy atom. The van der Waals surface area contributed by atoms with Crippen LogP contribution in [0.3, 0.4) is 0 Å². The van der Waals surface area contributed by atoms with Crippen molar-refractivity contribution in [2.45, 2.75) is 0 Å². The fraction of sp³-hybridized carbons (Fsp3) is 0. The molecule has 2 rings (SSSR count). The van der Waals surface area contributed by atoms with Crippen molar-refractivity contribution < 1.29 is 9.84 Å². The molecule has 6 nitrogen and oxygen atoms in total. The van der Waals surface area contributed by atoms with Gasteiger partial charge in [0.15, 0.2) is 5.69 Å². The monoisotopic (exact) mass is 219 g/mol. The summed E-state index contributed by atoms with van der Waals surface area (Å²) < 4.78 is 5.28. The number of ether oxygens (including phenoxy) is 1. The van der Waals surface area contributed by atoms with Crippen LogP contribution in [0.5, 0.6) is 17.4 Å². The molecule has 0 saturated carbocycles. The van der Waals surface area contributed by atoms with E-state index < -0.39 is 5.56 Å². The number of benzene rings is 1. The summed E-state index contributed by atoms with van der Waals surface area (Å²) in [6.07, 6.45) is 1.20. The minimum atomic E-state index is -0.455. The van der Waals surface area contributed by atoms with Gasteiger partial charge in [-0.05, 0) is 24.3 Å². The maximum absolute atomic E-state index is 11.1. The molecule has 1 aromatic carbocycles. The largest absolute Gasteiger partial charge is 0.508 e. The van der Waals surface area contributed by atoms with Crippen LogP contribution < -0.4 is 16.0 Å². The number of phenolic OH excluding ortho intramolecular Hbond substituents is 1. The highest BCUT2D eigenvalue weighted by Crippen LogP contribution is 2.23. The molecule has 0 amide bonds. The zero-order valence-corrected chi connectivity index (χ0v) is 8.18. The number of nitrogens with one attached hydrogen (secondary N) is 1. The van der Waals surface area contributed by atoms with Crippen LogP contribution in [0.15, 0.2) is 35.4 Å². The molecule has 4 N–H and O–H groups in total. The number of H-pyrrole nitrogens is 1. The third-order valence-electron chi connectivity index (χ3n) is 1.90. The summed E-state index contributed by atoms with van der Waals surface area (Å²) in [5.41, 5.74) is 4.94. The van der Waals surface area contributed by atoms with Gasteiger partial charge in [0.2, 0.25) is 5.88 Å². The van der Waals surface area contributed by atoms with Crippen LogP contribution in [0.2, 0.25) is 0 Å².